The summed E-state index contributed by atoms with van der Waals surface area (Å²) in [6.45, 7) is 10.8. The molecule has 0 radical (unpaired) electrons. The van der Waals surface area contributed by atoms with E-state index in [9.17, 15) is 9.59 Å². The van der Waals surface area contributed by atoms with E-state index in [2.05, 4.69) is 6.92 Å². The fourth-order valence-corrected chi connectivity index (χ4v) is 4.87. The summed E-state index contributed by atoms with van der Waals surface area (Å²) in [6, 6.07) is 11.6. The van der Waals surface area contributed by atoms with Crippen molar-refractivity contribution in [2.45, 2.75) is 40.5 Å². The molecule has 6 nitrogen and oxygen atoms in total. The summed E-state index contributed by atoms with van der Waals surface area (Å²) < 4.78 is 5.52. The maximum Gasteiger partial charge on any atom is 0.295 e. The minimum Gasteiger partial charge on any atom is -0.328 e. The zero-order valence-corrected chi connectivity index (χ0v) is 19.2. The number of nitrogens with one attached hydrogen (secondary N) is 1. The number of ketones is 1. The summed E-state index contributed by atoms with van der Waals surface area (Å²) in [7, 11) is 1.90. The number of likely N-dealkylation sites (tertiary alicyclic amines) is 1. The Labute approximate surface area is 183 Å². The molecule has 0 amide bonds. The smallest absolute Gasteiger partial charge is 0.295 e. The molecule has 3 aromatic rings. The number of carbonyl (C=O) groups is 1. The maximum absolute atomic E-state index is 13.5. The second kappa shape index (κ2) is 8.35. The highest BCUT2D eigenvalue weighted by atomic mass is 16.1. The van der Waals surface area contributed by atoms with Crippen molar-refractivity contribution in [1.29, 1.82) is 0 Å². The summed E-state index contributed by atoms with van der Waals surface area (Å²) >= 11 is 0. The van der Waals surface area contributed by atoms with E-state index < -0.39 is 0 Å². The molecule has 1 N–H and O–H groups in total. The number of aromatic nitrogens is 3. The van der Waals surface area contributed by atoms with Crippen LogP contribution < -0.4 is 10.5 Å². The van der Waals surface area contributed by atoms with Gasteiger partial charge in [0.2, 0.25) is 5.78 Å². The highest BCUT2D eigenvalue weighted by Crippen LogP contribution is 2.22. The number of para-hydroxylation sites is 1. The molecule has 2 aromatic heterocycles. The third-order valence-corrected chi connectivity index (χ3v) is 6.87. The predicted molar refractivity (Wildman–Crippen MR) is 123 cm³/mol. The summed E-state index contributed by atoms with van der Waals surface area (Å²) in [6.07, 6.45) is 2.37. The van der Waals surface area contributed by atoms with Crippen LogP contribution in [0.2, 0.25) is 0 Å². The van der Waals surface area contributed by atoms with Gasteiger partial charge in [0.25, 0.3) is 5.56 Å². The topological polar surface area (TPSA) is 53.4 Å². The first-order valence-electron chi connectivity index (χ1n) is 11.2. The van der Waals surface area contributed by atoms with Crippen molar-refractivity contribution in [3.63, 3.8) is 0 Å². The monoisotopic (exact) mass is 421 g/mol. The van der Waals surface area contributed by atoms with E-state index in [0.29, 0.717) is 12.2 Å². The van der Waals surface area contributed by atoms with Gasteiger partial charge in [0.1, 0.15) is 12.2 Å². The van der Waals surface area contributed by atoms with Crippen molar-refractivity contribution in [2.75, 3.05) is 19.6 Å². The normalized spacial score (nSPS) is 19.0. The van der Waals surface area contributed by atoms with Crippen LogP contribution in [0.5, 0.6) is 0 Å². The van der Waals surface area contributed by atoms with Crippen molar-refractivity contribution in [3.05, 3.63) is 69.4 Å². The predicted octanol–water partition coefficient (Wildman–Crippen LogP) is 2.39. The highest BCUT2D eigenvalue weighted by molar-refractivity contribution is 5.98. The molecule has 1 aliphatic heterocycles. The molecule has 1 aromatic carbocycles. The van der Waals surface area contributed by atoms with Gasteiger partial charge >= 0.3 is 0 Å². The molecular formula is C25H33N4O2+. The van der Waals surface area contributed by atoms with Crippen molar-refractivity contribution < 1.29 is 9.69 Å². The van der Waals surface area contributed by atoms with Gasteiger partial charge in [-0.25, -0.2) is 4.68 Å². The molecule has 4 rings (SSSR count). The van der Waals surface area contributed by atoms with E-state index in [1.807, 2.05) is 73.5 Å². The molecule has 0 unspecified atom stereocenters. The summed E-state index contributed by atoms with van der Waals surface area (Å²) in [5.74, 6) is 0.928. The highest BCUT2D eigenvalue weighted by Gasteiger charge is 2.27. The Balaban J connectivity index is 1.71. The second-order valence-corrected chi connectivity index (χ2v) is 9.06. The van der Waals surface area contributed by atoms with Crippen LogP contribution in [0.15, 0.2) is 41.2 Å². The maximum atomic E-state index is 13.5. The van der Waals surface area contributed by atoms with E-state index in [1.165, 1.54) is 17.7 Å². The molecule has 0 spiro atoms. The van der Waals surface area contributed by atoms with Gasteiger partial charge in [-0.2, -0.15) is 0 Å². The zero-order valence-electron chi connectivity index (χ0n) is 19.2. The van der Waals surface area contributed by atoms with Crippen LogP contribution in [0.25, 0.3) is 11.4 Å². The van der Waals surface area contributed by atoms with Gasteiger partial charge in [0.15, 0.2) is 0 Å². The Morgan fingerprint density at radius 1 is 1.06 bits per heavy atom. The molecule has 0 aliphatic carbocycles. The van der Waals surface area contributed by atoms with E-state index in [-0.39, 0.29) is 11.3 Å². The average Bonchev–Trinajstić information content (AvgIpc) is 3.16. The lowest BCUT2D eigenvalue weighted by Gasteiger charge is -2.26. The number of Topliss-reactive ketones (excluding diaryl/α,β-unsaturated/α-hetero) is 1. The van der Waals surface area contributed by atoms with Gasteiger partial charge in [0, 0.05) is 24.0 Å². The molecule has 0 bridgehead atoms. The number of rotatable bonds is 5. The van der Waals surface area contributed by atoms with E-state index >= 15 is 0 Å². The lowest BCUT2D eigenvalue weighted by molar-refractivity contribution is -0.897. The summed E-state index contributed by atoms with van der Waals surface area (Å²) in [5, 5.41) is 0. The minimum atomic E-state index is -0.0809. The van der Waals surface area contributed by atoms with Gasteiger partial charge in [-0.1, -0.05) is 25.1 Å². The van der Waals surface area contributed by atoms with Gasteiger partial charge in [-0.05, 0) is 57.7 Å². The average molecular weight is 422 g/mol. The Morgan fingerprint density at radius 2 is 1.71 bits per heavy atom. The number of aryl methyl sites for hydroxylation is 1. The van der Waals surface area contributed by atoms with Crippen LogP contribution in [0.1, 0.15) is 47.2 Å². The largest absolute Gasteiger partial charge is 0.328 e. The van der Waals surface area contributed by atoms with Crippen molar-refractivity contribution in [2.24, 2.45) is 13.0 Å². The first-order chi connectivity index (χ1) is 14.8. The molecule has 0 saturated carbocycles. The molecule has 1 saturated heterocycles. The van der Waals surface area contributed by atoms with Crippen LogP contribution in [0.4, 0.5) is 0 Å². The zero-order chi connectivity index (χ0) is 22.3. The van der Waals surface area contributed by atoms with Gasteiger partial charge < -0.3 is 9.47 Å². The SMILES string of the molecule is Cc1cc(C(=O)C[NH+]2CCC(C)CC2)c(C)n1-c1c(C)n(C)n(-c2ccccc2)c1=O. The molecule has 3 heterocycles. The van der Waals surface area contributed by atoms with E-state index in [0.717, 1.165) is 47.3 Å². The first-order valence-corrected chi connectivity index (χ1v) is 11.2. The fourth-order valence-electron chi connectivity index (χ4n) is 4.87. The van der Waals surface area contributed by atoms with Crippen LogP contribution in [0.3, 0.4) is 0 Å². The first kappa shape index (κ1) is 21.4. The third-order valence-electron chi connectivity index (χ3n) is 6.87. The van der Waals surface area contributed by atoms with E-state index in [4.69, 9.17) is 0 Å². The number of hydrogen-bond acceptors (Lipinski definition) is 2. The second-order valence-electron chi connectivity index (χ2n) is 9.06. The fraction of sp³-hybridized carbons (Fsp3) is 0.440. The molecular weight excluding hydrogens is 388 g/mol. The third kappa shape index (κ3) is 3.81. The summed E-state index contributed by atoms with van der Waals surface area (Å²) in [4.78, 5) is 28.0. The van der Waals surface area contributed by atoms with Crippen molar-refractivity contribution in [3.8, 4) is 11.4 Å². The Hall–Kier alpha value is -2.86. The molecule has 31 heavy (non-hydrogen) atoms. The Bertz CT molecular complexity index is 1160. The van der Waals surface area contributed by atoms with Crippen LogP contribution in [-0.4, -0.2) is 39.3 Å². The number of benzene rings is 1. The molecule has 0 atom stereocenters. The minimum absolute atomic E-state index is 0.0809. The standard InChI is InChI=1S/C25H32N4O2/c1-17-11-13-27(14-12-17)16-23(30)22-15-18(2)28(19(22)3)24-20(4)26(5)29(25(24)31)21-9-7-6-8-10-21/h6-10,15,17H,11-14,16H2,1-5H3/p+1. The molecule has 1 aliphatic rings. The number of carbonyl (C=O) groups excluding carboxylic acids is 1. The van der Waals surface area contributed by atoms with Crippen LogP contribution in [0, 0.1) is 26.7 Å². The Morgan fingerprint density at radius 3 is 2.35 bits per heavy atom. The number of piperidine rings is 1. The number of quaternary nitrogens is 1. The van der Waals surface area contributed by atoms with Gasteiger partial charge in [-0.3, -0.25) is 14.3 Å². The van der Waals surface area contributed by atoms with E-state index in [1.54, 1.807) is 4.68 Å². The Kier molecular flexibility index (Phi) is 5.75. The molecule has 6 heteroatoms. The molecule has 164 valence electrons. The van der Waals surface area contributed by atoms with Crippen molar-refractivity contribution >= 4 is 5.78 Å². The number of nitrogens with zero attached hydrogens (tertiary/aromatic N) is 3. The quantitative estimate of drug-likeness (QED) is 0.643. The number of hydrogen-bond donors (Lipinski definition) is 1. The summed E-state index contributed by atoms with van der Waals surface area (Å²) in [5.41, 5.74) is 4.71. The lowest BCUT2D eigenvalue weighted by atomic mass is 9.99. The molecule has 1 fully saturated rings. The van der Waals surface area contributed by atoms with Gasteiger partial charge in [0.05, 0.1) is 24.5 Å². The van der Waals surface area contributed by atoms with Crippen LogP contribution >= 0.6 is 0 Å². The van der Waals surface area contributed by atoms with Crippen LogP contribution in [-0.2, 0) is 7.05 Å². The van der Waals surface area contributed by atoms with Crippen molar-refractivity contribution in [1.82, 2.24) is 13.9 Å². The van der Waals surface area contributed by atoms with Gasteiger partial charge in [-0.15, -0.1) is 0 Å². The lowest BCUT2D eigenvalue weighted by Crippen LogP contribution is -3.13.